The number of carbonyl (C=O) groups excluding carboxylic acids is 1. The van der Waals surface area contributed by atoms with Crippen molar-refractivity contribution in [2.75, 3.05) is 19.5 Å². The first-order valence-electron chi connectivity index (χ1n) is 9.82. The van der Waals surface area contributed by atoms with Gasteiger partial charge in [0.25, 0.3) is 0 Å². The van der Waals surface area contributed by atoms with Gasteiger partial charge in [-0.25, -0.2) is 4.39 Å². The molecule has 0 saturated carbocycles. The molecule has 0 unspecified atom stereocenters. The number of anilines is 1. The van der Waals surface area contributed by atoms with E-state index in [9.17, 15) is 14.0 Å². The summed E-state index contributed by atoms with van der Waals surface area (Å²) < 4.78 is 26.8. The minimum atomic E-state index is -0.555. The van der Waals surface area contributed by atoms with Crippen molar-refractivity contribution in [1.82, 2.24) is 19.2 Å². The fourth-order valence-corrected chi connectivity index (χ4v) is 3.94. The minimum Gasteiger partial charge on any atom is -0.497 e. The second kappa shape index (κ2) is 9.33. The van der Waals surface area contributed by atoms with Crippen molar-refractivity contribution in [2.45, 2.75) is 17.3 Å². The van der Waals surface area contributed by atoms with Crippen molar-refractivity contribution < 1.29 is 18.7 Å². The van der Waals surface area contributed by atoms with E-state index in [1.54, 1.807) is 37.4 Å². The van der Waals surface area contributed by atoms with E-state index in [1.807, 2.05) is 0 Å². The van der Waals surface area contributed by atoms with Crippen molar-refractivity contribution in [3.63, 3.8) is 0 Å². The summed E-state index contributed by atoms with van der Waals surface area (Å²) in [5.74, 6) is 0.358. The molecule has 2 heterocycles. The molecule has 1 N–H and O–H groups in total. The van der Waals surface area contributed by atoms with Crippen LogP contribution < -0.4 is 20.3 Å². The summed E-state index contributed by atoms with van der Waals surface area (Å²) in [5.41, 5.74) is 0.506. The summed E-state index contributed by atoms with van der Waals surface area (Å²) in [6.45, 7) is 1.71. The first-order valence-corrected chi connectivity index (χ1v) is 10.7. The number of hydrogen-bond acceptors (Lipinski definition) is 7. The molecule has 1 atom stereocenters. The first kappa shape index (κ1) is 22.3. The van der Waals surface area contributed by atoms with Crippen molar-refractivity contribution in [1.29, 1.82) is 0 Å². The number of halogens is 1. The van der Waals surface area contributed by atoms with Gasteiger partial charge in [0.15, 0.2) is 5.16 Å². The van der Waals surface area contributed by atoms with Gasteiger partial charge in [-0.1, -0.05) is 17.8 Å². The Hall–Kier alpha value is -3.86. The molecular weight excluding hydrogens is 449 g/mol. The lowest BCUT2D eigenvalue weighted by molar-refractivity contribution is -0.115. The van der Waals surface area contributed by atoms with Crippen LogP contribution in [0.15, 0.2) is 64.8 Å². The zero-order chi connectivity index (χ0) is 23.5. The van der Waals surface area contributed by atoms with E-state index in [1.165, 1.54) is 47.6 Å². The van der Waals surface area contributed by atoms with Crippen LogP contribution in [0.3, 0.4) is 0 Å². The van der Waals surface area contributed by atoms with Gasteiger partial charge in [0, 0.05) is 36.3 Å². The molecule has 2 aromatic heterocycles. The summed E-state index contributed by atoms with van der Waals surface area (Å²) in [4.78, 5) is 25.6. The fraction of sp³-hybridized carbons (Fsp3) is 0.182. The van der Waals surface area contributed by atoms with Crippen molar-refractivity contribution in [2.24, 2.45) is 0 Å². The van der Waals surface area contributed by atoms with Crippen molar-refractivity contribution in [3.8, 4) is 17.2 Å². The van der Waals surface area contributed by atoms with Crippen LogP contribution >= 0.6 is 11.8 Å². The van der Waals surface area contributed by atoms with Crippen LogP contribution in [0.4, 0.5) is 10.1 Å². The third kappa shape index (κ3) is 4.67. The van der Waals surface area contributed by atoms with Gasteiger partial charge in [0.1, 0.15) is 17.3 Å². The molecule has 0 fully saturated rings. The Morgan fingerprint density at radius 2 is 1.82 bits per heavy atom. The molecule has 0 aliphatic carbocycles. The zero-order valence-corrected chi connectivity index (χ0v) is 18.8. The third-order valence-corrected chi connectivity index (χ3v) is 5.85. The largest absolute Gasteiger partial charge is 0.497 e. The number of nitrogens with zero attached hydrogens (tertiary/aromatic N) is 4. The summed E-state index contributed by atoms with van der Waals surface area (Å²) >= 11 is 1.15. The minimum absolute atomic E-state index is 0.0643. The van der Waals surface area contributed by atoms with Crippen LogP contribution in [0.1, 0.15) is 6.92 Å². The van der Waals surface area contributed by atoms with E-state index in [-0.39, 0.29) is 11.6 Å². The number of nitrogens with one attached hydrogen (secondary N) is 1. The molecule has 0 saturated heterocycles. The van der Waals surface area contributed by atoms with Gasteiger partial charge < -0.3 is 14.8 Å². The normalized spacial score (nSPS) is 11.9. The van der Waals surface area contributed by atoms with Crippen LogP contribution in [0.5, 0.6) is 11.5 Å². The number of fused-ring (bicyclic) bond motifs is 1. The highest BCUT2D eigenvalue weighted by molar-refractivity contribution is 8.00. The average Bonchev–Trinajstić information content (AvgIpc) is 3.22. The highest BCUT2D eigenvalue weighted by Crippen LogP contribution is 2.27. The van der Waals surface area contributed by atoms with Gasteiger partial charge in [-0.15, -0.1) is 10.2 Å². The molecule has 11 heteroatoms. The van der Waals surface area contributed by atoms with Crippen LogP contribution in [0.25, 0.3) is 11.3 Å². The molecule has 4 aromatic rings. The topological polar surface area (TPSA) is 99.8 Å². The van der Waals surface area contributed by atoms with E-state index in [0.29, 0.717) is 28.0 Å². The van der Waals surface area contributed by atoms with E-state index in [2.05, 4.69) is 15.5 Å². The van der Waals surface area contributed by atoms with Gasteiger partial charge in [0.05, 0.1) is 25.2 Å². The predicted molar refractivity (Wildman–Crippen MR) is 122 cm³/mol. The summed E-state index contributed by atoms with van der Waals surface area (Å²) in [6.07, 6.45) is 3.10. The van der Waals surface area contributed by atoms with Gasteiger partial charge in [-0.3, -0.25) is 18.6 Å². The molecule has 0 aliphatic rings. The smallest absolute Gasteiger partial charge is 0.300 e. The predicted octanol–water partition coefficient (Wildman–Crippen LogP) is 3.16. The van der Waals surface area contributed by atoms with Gasteiger partial charge >= 0.3 is 5.56 Å². The summed E-state index contributed by atoms with van der Waals surface area (Å²) in [7, 11) is 3.05. The zero-order valence-electron chi connectivity index (χ0n) is 18.0. The Morgan fingerprint density at radius 3 is 2.48 bits per heavy atom. The number of thioether (sulfide) groups is 1. The molecule has 0 aliphatic heterocycles. The molecule has 0 radical (unpaired) electrons. The maximum Gasteiger partial charge on any atom is 0.300 e. The average molecular weight is 469 g/mol. The van der Waals surface area contributed by atoms with Gasteiger partial charge in [-0.05, 0) is 25.1 Å². The van der Waals surface area contributed by atoms with Crippen LogP contribution in [0, 0.1) is 5.82 Å². The SMILES string of the molecule is COc1cc(NC(=O)[C@@H](C)Sc2nnc3c(=O)n(-c4cccc(F)c4)ccn23)cc(OC)c1. The second-order valence-corrected chi connectivity index (χ2v) is 8.29. The van der Waals surface area contributed by atoms with E-state index in [0.717, 1.165) is 11.8 Å². The summed E-state index contributed by atoms with van der Waals surface area (Å²) in [5, 5.41) is 10.7. The lowest BCUT2D eigenvalue weighted by Crippen LogP contribution is -2.23. The Morgan fingerprint density at radius 1 is 1.09 bits per heavy atom. The number of benzene rings is 2. The quantitative estimate of drug-likeness (QED) is 0.415. The Bertz CT molecular complexity index is 1360. The molecule has 0 bridgehead atoms. The second-order valence-electron chi connectivity index (χ2n) is 6.98. The molecule has 4 rings (SSSR count). The highest BCUT2D eigenvalue weighted by Gasteiger charge is 2.20. The molecule has 9 nitrogen and oxygen atoms in total. The van der Waals surface area contributed by atoms with Crippen molar-refractivity contribution >= 4 is 29.0 Å². The number of carbonyl (C=O) groups is 1. The van der Waals surface area contributed by atoms with Gasteiger partial charge in [-0.2, -0.15) is 0 Å². The standard InChI is InChI=1S/C22H20FN5O4S/c1-13(20(29)24-15-10-17(31-2)12-18(11-15)32-3)33-22-26-25-19-21(30)27(7-8-28(19)22)16-6-4-5-14(23)9-16/h4-13H,1-3H3,(H,24,29)/t13-/m1/s1. The number of amides is 1. The maximum absolute atomic E-state index is 13.6. The van der Waals surface area contributed by atoms with E-state index < -0.39 is 16.6 Å². The van der Waals surface area contributed by atoms with Crippen molar-refractivity contribution in [3.05, 3.63) is 71.0 Å². The molecule has 2 aromatic carbocycles. The van der Waals surface area contributed by atoms with Crippen LogP contribution in [0.2, 0.25) is 0 Å². The number of aromatic nitrogens is 4. The van der Waals surface area contributed by atoms with Crippen LogP contribution in [-0.4, -0.2) is 44.5 Å². The number of hydrogen-bond donors (Lipinski definition) is 1. The van der Waals surface area contributed by atoms with E-state index >= 15 is 0 Å². The molecule has 33 heavy (non-hydrogen) atoms. The third-order valence-electron chi connectivity index (χ3n) is 4.80. The van der Waals surface area contributed by atoms with Gasteiger partial charge in [0.2, 0.25) is 11.6 Å². The van der Waals surface area contributed by atoms with Crippen LogP contribution in [-0.2, 0) is 4.79 Å². The maximum atomic E-state index is 13.6. The highest BCUT2D eigenvalue weighted by atomic mass is 32.2. The number of methoxy groups -OCH3 is 2. The Labute approximate surface area is 192 Å². The molecule has 0 spiro atoms. The molecular formula is C22H20FN5O4S. The van der Waals surface area contributed by atoms with E-state index in [4.69, 9.17) is 9.47 Å². The lowest BCUT2D eigenvalue weighted by atomic mass is 10.2. The molecule has 170 valence electrons. The fourth-order valence-electron chi connectivity index (χ4n) is 3.11. The lowest BCUT2D eigenvalue weighted by Gasteiger charge is -2.13. The Kier molecular flexibility index (Phi) is 6.31. The molecule has 1 amide bonds. The Balaban J connectivity index is 1.55. The number of rotatable bonds is 7. The number of ether oxygens (including phenoxy) is 2. The monoisotopic (exact) mass is 469 g/mol. The first-order chi connectivity index (χ1) is 15.9. The summed E-state index contributed by atoms with van der Waals surface area (Å²) in [6, 6.07) is 10.7.